The molecular formula is C25H23ClFNO7. The highest BCUT2D eigenvalue weighted by atomic mass is 35.5. The van der Waals surface area contributed by atoms with Crippen LogP contribution in [-0.4, -0.2) is 44.9 Å². The van der Waals surface area contributed by atoms with Crippen molar-refractivity contribution in [1.82, 2.24) is 0 Å². The third-order valence-corrected chi connectivity index (χ3v) is 5.34. The van der Waals surface area contributed by atoms with Gasteiger partial charge in [-0.1, -0.05) is 11.6 Å². The van der Waals surface area contributed by atoms with Crippen LogP contribution in [0.2, 0.25) is 5.02 Å². The van der Waals surface area contributed by atoms with Gasteiger partial charge < -0.3 is 29.4 Å². The SMILES string of the molecule is COC(=O)c1cc(OC(=O)c2ccc(OC)c(O)c2)c(OC)cc1CCNc1ccc(F)c(Cl)c1. The summed E-state index contributed by atoms with van der Waals surface area (Å²) in [5.41, 5.74) is 1.41. The minimum absolute atomic E-state index is 0.00441. The maximum Gasteiger partial charge on any atom is 0.343 e. The smallest absolute Gasteiger partial charge is 0.343 e. The molecule has 3 aromatic rings. The Kier molecular flexibility index (Phi) is 8.38. The van der Waals surface area contributed by atoms with Crippen LogP contribution in [0.1, 0.15) is 26.3 Å². The van der Waals surface area contributed by atoms with Crippen LogP contribution in [0.15, 0.2) is 48.5 Å². The number of hydrogen-bond acceptors (Lipinski definition) is 8. The molecule has 0 unspecified atom stereocenters. The van der Waals surface area contributed by atoms with Crippen molar-refractivity contribution in [3.05, 3.63) is 76.1 Å². The third-order valence-electron chi connectivity index (χ3n) is 5.06. The van der Waals surface area contributed by atoms with Gasteiger partial charge in [0, 0.05) is 12.2 Å². The number of hydrogen-bond donors (Lipinski definition) is 2. The summed E-state index contributed by atoms with van der Waals surface area (Å²) in [5, 5.41) is 13.0. The van der Waals surface area contributed by atoms with Crippen molar-refractivity contribution < 1.29 is 38.0 Å². The molecule has 0 heterocycles. The molecule has 0 spiro atoms. The number of aromatic hydroxyl groups is 1. The molecule has 0 aliphatic heterocycles. The second kappa shape index (κ2) is 11.4. The van der Waals surface area contributed by atoms with Crippen LogP contribution < -0.4 is 19.5 Å². The highest BCUT2D eigenvalue weighted by Gasteiger charge is 2.21. The topological polar surface area (TPSA) is 103 Å². The predicted octanol–water partition coefficient (Wildman–Crippen LogP) is 4.86. The molecule has 184 valence electrons. The van der Waals surface area contributed by atoms with Gasteiger partial charge in [-0.15, -0.1) is 0 Å². The molecule has 10 heteroatoms. The Morgan fingerprint density at radius 1 is 0.943 bits per heavy atom. The van der Waals surface area contributed by atoms with Gasteiger partial charge in [-0.05, 0) is 60.5 Å². The molecule has 0 atom stereocenters. The summed E-state index contributed by atoms with van der Waals surface area (Å²) in [6.07, 6.45) is 0.358. The Labute approximate surface area is 206 Å². The predicted molar refractivity (Wildman–Crippen MR) is 128 cm³/mol. The second-order valence-corrected chi connectivity index (χ2v) is 7.64. The van der Waals surface area contributed by atoms with E-state index in [2.05, 4.69) is 5.32 Å². The zero-order chi connectivity index (χ0) is 25.5. The van der Waals surface area contributed by atoms with Crippen molar-refractivity contribution in [1.29, 1.82) is 0 Å². The summed E-state index contributed by atoms with van der Waals surface area (Å²) in [7, 11) is 4.02. The number of rotatable bonds is 9. The molecule has 2 N–H and O–H groups in total. The Morgan fingerprint density at radius 2 is 1.69 bits per heavy atom. The first-order valence-corrected chi connectivity index (χ1v) is 10.7. The number of anilines is 1. The van der Waals surface area contributed by atoms with E-state index in [4.69, 9.17) is 30.5 Å². The first kappa shape index (κ1) is 25.6. The fourth-order valence-corrected chi connectivity index (χ4v) is 3.45. The number of nitrogens with one attached hydrogen (secondary N) is 1. The van der Waals surface area contributed by atoms with Crippen molar-refractivity contribution in [2.45, 2.75) is 6.42 Å². The molecule has 3 aromatic carbocycles. The third kappa shape index (κ3) is 6.13. The number of benzene rings is 3. The van der Waals surface area contributed by atoms with Crippen molar-refractivity contribution >= 4 is 29.2 Å². The van der Waals surface area contributed by atoms with Gasteiger partial charge in [0.25, 0.3) is 0 Å². The lowest BCUT2D eigenvalue weighted by atomic mass is 10.0. The molecule has 8 nitrogen and oxygen atoms in total. The van der Waals surface area contributed by atoms with Crippen molar-refractivity contribution in [3.63, 3.8) is 0 Å². The molecular weight excluding hydrogens is 481 g/mol. The van der Waals surface area contributed by atoms with Gasteiger partial charge >= 0.3 is 11.9 Å². The molecule has 3 rings (SSSR count). The molecule has 0 saturated heterocycles. The van der Waals surface area contributed by atoms with E-state index in [1.807, 2.05) is 0 Å². The molecule has 0 bridgehead atoms. The lowest BCUT2D eigenvalue weighted by molar-refractivity contribution is 0.0596. The van der Waals surface area contributed by atoms with E-state index in [1.165, 1.54) is 57.7 Å². The van der Waals surface area contributed by atoms with Gasteiger partial charge in [0.2, 0.25) is 0 Å². The van der Waals surface area contributed by atoms with Crippen LogP contribution in [0.5, 0.6) is 23.0 Å². The molecule has 0 aromatic heterocycles. The summed E-state index contributed by atoms with van der Waals surface area (Å²) in [6.45, 7) is 0.374. The molecule has 0 amide bonds. The molecule has 0 fully saturated rings. The van der Waals surface area contributed by atoms with E-state index in [0.29, 0.717) is 24.2 Å². The maximum absolute atomic E-state index is 13.4. The Hall–Kier alpha value is -3.98. The molecule has 0 aliphatic carbocycles. The zero-order valence-electron chi connectivity index (χ0n) is 19.2. The summed E-state index contributed by atoms with van der Waals surface area (Å²) in [4.78, 5) is 25.1. The maximum atomic E-state index is 13.4. The summed E-state index contributed by atoms with van der Waals surface area (Å²) >= 11 is 5.81. The monoisotopic (exact) mass is 503 g/mol. The van der Waals surface area contributed by atoms with Crippen molar-refractivity contribution in [2.75, 3.05) is 33.2 Å². The van der Waals surface area contributed by atoms with Gasteiger partial charge in [0.15, 0.2) is 23.0 Å². The number of carbonyl (C=O) groups excluding carboxylic acids is 2. The highest BCUT2D eigenvalue weighted by Crippen LogP contribution is 2.33. The van der Waals surface area contributed by atoms with Crippen LogP contribution in [0.3, 0.4) is 0 Å². The molecule has 0 aliphatic rings. The lowest BCUT2D eigenvalue weighted by Crippen LogP contribution is -2.14. The number of carbonyl (C=O) groups is 2. The second-order valence-electron chi connectivity index (χ2n) is 7.23. The van der Waals surface area contributed by atoms with Gasteiger partial charge in [0.1, 0.15) is 5.82 Å². The first-order valence-electron chi connectivity index (χ1n) is 10.3. The van der Waals surface area contributed by atoms with Gasteiger partial charge in [-0.25, -0.2) is 14.0 Å². The zero-order valence-corrected chi connectivity index (χ0v) is 19.9. The van der Waals surface area contributed by atoms with E-state index in [9.17, 15) is 19.1 Å². The average molecular weight is 504 g/mol. The minimum Gasteiger partial charge on any atom is -0.504 e. The van der Waals surface area contributed by atoms with Gasteiger partial charge in [0.05, 0.1) is 37.5 Å². The molecule has 0 saturated carbocycles. The standard InChI is InChI=1S/C25H23ClFNO7/c1-32-21-7-4-15(10-20(21)29)24(30)35-23-13-17(25(31)34-3)14(11-22(23)33-2)8-9-28-16-5-6-19(27)18(26)12-16/h4-7,10-13,28-29H,8-9H2,1-3H3. The number of ether oxygens (including phenoxy) is 4. The lowest BCUT2D eigenvalue weighted by Gasteiger charge is -2.15. The van der Waals surface area contributed by atoms with Crippen LogP contribution in [0.25, 0.3) is 0 Å². The Morgan fingerprint density at radius 3 is 2.31 bits per heavy atom. The summed E-state index contributed by atoms with van der Waals surface area (Å²) in [5.74, 6) is -1.75. The van der Waals surface area contributed by atoms with Crippen LogP contribution in [0, 0.1) is 5.82 Å². The van der Waals surface area contributed by atoms with E-state index in [0.717, 1.165) is 0 Å². The Balaban J connectivity index is 1.84. The number of methoxy groups -OCH3 is 3. The fourth-order valence-electron chi connectivity index (χ4n) is 3.27. The van der Waals surface area contributed by atoms with Crippen molar-refractivity contribution in [3.8, 4) is 23.0 Å². The average Bonchev–Trinajstić information content (AvgIpc) is 2.85. The first-order chi connectivity index (χ1) is 16.8. The van der Waals surface area contributed by atoms with E-state index < -0.39 is 17.8 Å². The van der Waals surface area contributed by atoms with Crippen LogP contribution in [-0.2, 0) is 11.2 Å². The normalized spacial score (nSPS) is 10.4. The van der Waals surface area contributed by atoms with Crippen LogP contribution in [0.4, 0.5) is 10.1 Å². The minimum atomic E-state index is -0.778. The van der Waals surface area contributed by atoms with E-state index in [1.54, 1.807) is 12.1 Å². The number of phenols is 1. The highest BCUT2D eigenvalue weighted by molar-refractivity contribution is 6.31. The number of esters is 2. The largest absolute Gasteiger partial charge is 0.504 e. The van der Waals surface area contributed by atoms with Gasteiger partial charge in [-0.3, -0.25) is 0 Å². The fraction of sp³-hybridized carbons (Fsp3) is 0.200. The molecule has 0 radical (unpaired) electrons. The molecule has 35 heavy (non-hydrogen) atoms. The van der Waals surface area contributed by atoms with E-state index in [-0.39, 0.29) is 39.1 Å². The van der Waals surface area contributed by atoms with Crippen molar-refractivity contribution in [2.24, 2.45) is 0 Å². The summed E-state index contributed by atoms with van der Waals surface area (Å²) < 4.78 is 34.0. The Bertz CT molecular complexity index is 1250. The van der Waals surface area contributed by atoms with Crippen LogP contribution >= 0.6 is 11.6 Å². The number of phenolic OH excluding ortho intramolecular Hbond substituents is 1. The summed E-state index contributed by atoms with van der Waals surface area (Å²) in [6, 6.07) is 11.2. The van der Waals surface area contributed by atoms with E-state index >= 15 is 0 Å². The van der Waals surface area contributed by atoms with Gasteiger partial charge in [-0.2, -0.15) is 0 Å². The number of halogens is 2. The quantitative estimate of drug-likeness (QED) is 0.315.